The number of aromatic nitrogens is 2. The lowest BCUT2D eigenvalue weighted by molar-refractivity contribution is -0.123. The molecule has 0 unspecified atom stereocenters. The number of hydrogen-bond donors (Lipinski definition) is 1. The zero-order valence-electron chi connectivity index (χ0n) is 22.4. The Labute approximate surface area is 226 Å². The fraction of sp³-hybridized carbons (Fsp3) is 0.312. The van der Waals surface area contributed by atoms with Crippen LogP contribution in [0.4, 0.5) is 5.69 Å². The summed E-state index contributed by atoms with van der Waals surface area (Å²) in [5.74, 6) is -0.979. The molecule has 0 bridgehead atoms. The van der Waals surface area contributed by atoms with Crippen LogP contribution < -0.4 is 15.8 Å². The van der Waals surface area contributed by atoms with E-state index in [1.54, 1.807) is 10.6 Å². The summed E-state index contributed by atoms with van der Waals surface area (Å²) < 4.78 is 1.65. The third kappa shape index (κ3) is 3.02. The van der Waals surface area contributed by atoms with E-state index in [0.29, 0.717) is 40.4 Å². The average Bonchev–Trinajstić information content (AvgIpc) is 3.49. The predicted molar refractivity (Wildman–Crippen MR) is 150 cm³/mol. The van der Waals surface area contributed by atoms with Crippen molar-refractivity contribution >= 4 is 28.4 Å². The van der Waals surface area contributed by atoms with Crippen molar-refractivity contribution in [3.63, 3.8) is 0 Å². The Morgan fingerprint density at radius 3 is 2.41 bits per heavy atom. The lowest BCUT2D eigenvalue weighted by Crippen LogP contribution is -2.50. The van der Waals surface area contributed by atoms with Gasteiger partial charge in [0.15, 0.2) is 0 Å². The van der Waals surface area contributed by atoms with Gasteiger partial charge >= 0.3 is 0 Å². The van der Waals surface area contributed by atoms with Crippen molar-refractivity contribution in [2.45, 2.75) is 45.7 Å². The number of aryl methyl sites for hydroxylation is 1. The van der Waals surface area contributed by atoms with Crippen LogP contribution in [0.15, 0.2) is 71.5 Å². The van der Waals surface area contributed by atoms with Crippen LogP contribution in [0.25, 0.3) is 16.6 Å². The van der Waals surface area contributed by atoms with Gasteiger partial charge in [0.2, 0.25) is 11.8 Å². The number of amides is 2. The minimum Gasteiger partial charge on any atom is -0.297 e. The van der Waals surface area contributed by atoms with Crippen molar-refractivity contribution in [2.75, 3.05) is 4.90 Å². The molecule has 2 fully saturated rings. The van der Waals surface area contributed by atoms with Crippen LogP contribution in [0.1, 0.15) is 42.8 Å². The van der Waals surface area contributed by atoms with E-state index in [4.69, 9.17) is 4.98 Å². The number of rotatable bonds is 3. The van der Waals surface area contributed by atoms with E-state index >= 15 is 0 Å². The van der Waals surface area contributed by atoms with Crippen LogP contribution in [0.3, 0.4) is 0 Å². The number of hydrogen-bond acceptors (Lipinski definition) is 5. The van der Waals surface area contributed by atoms with Crippen LogP contribution >= 0.6 is 0 Å². The van der Waals surface area contributed by atoms with E-state index < -0.39 is 17.4 Å². The number of anilines is 1. The second kappa shape index (κ2) is 8.20. The smallest absolute Gasteiger partial charge is 0.266 e. The van der Waals surface area contributed by atoms with Gasteiger partial charge in [-0.1, -0.05) is 56.3 Å². The van der Waals surface area contributed by atoms with Crippen LogP contribution in [0, 0.1) is 31.6 Å². The van der Waals surface area contributed by atoms with Crippen LogP contribution in [-0.4, -0.2) is 27.4 Å². The Morgan fingerprint density at radius 2 is 1.62 bits per heavy atom. The fourth-order valence-electron chi connectivity index (χ4n) is 7.14. The quantitative estimate of drug-likeness (QED) is 0.407. The molecule has 4 aromatic rings. The number of para-hydroxylation sites is 2. The molecule has 3 aliphatic heterocycles. The summed E-state index contributed by atoms with van der Waals surface area (Å²) in [6.45, 7) is 8.18. The lowest BCUT2D eigenvalue weighted by atomic mass is 9.75. The number of nitrogens with zero attached hydrogens (tertiary/aromatic N) is 3. The first-order valence-corrected chi connectivity index (χ1v) is 13.6. The Hall–Kier alpha value is -4.10. The summed E-state index contributed by atoms with van der Waals surface area (Å²) in [5, 5.41) is 4.29. The number of benzene rings is 3. The van der Waals surface area contributed by atoms with Gasteiger partial charge in [-0.2, -0.15) is 0 Å². The SMILES string of the molecule is Cc1cccc(N2C(=O)[C@H]3[C@@H](CC(C)C)N[C@]4(c5ccccc5-n5c4nc4ccccc4c5=O)[C@H]3C2=O)c1C. The van der Waals surface area contributed by atoms with E-state index in [1.807, 2.05) is 74.5 Å². The fourth-order valence-corrected chi connectivity index (χ4v) is 7.14. The van der Waals surface area contributed by atoms with Crippen molar-refractivity contribution in [1.29, 1.82) is 0 Å². The maximum absolute atomic E-state index is 14.6. The first-order chi connectivity index (χ1) is 18.8. The van der Waals surface area contributed by atoms with Crippen LogP contribution in [0.2, 0.25) is 0 Å². The van der Waals surface area contributed by atoms with Gasteiger partial charge in [0.25, 0.3) is 5.56 Å². The molecule has 3 aromatic carbocycles. The van der Waals surface area contributed by atoms with Gasteiger partial charge in [0, 0.05) is 11.6 Å². The Bertz CT molecular complexity index is 1770. The highest BCUT2D eigenvalue weighted by atomic mass is 16.2. The molecule has 0 aliphatic carbocycles. The molecule has 2 saturated heterocycles. The van der Waals surface area contributed by atoms with Gasteiger partial charge in [0.05, 0.1) is 34.1 Å². The zero-order chi connectivity index (χ0) is 27.2. The van der Waals surface area contributed by atoms with E-state index in [2.05, 4.69) is 19.2 Å². The molecule has 196 valence electrons. The number of nitrogens with one attached hydrogen (secondary N) is 1. The maximum atomic E-state index is 14.6. The molecule has 7 rings (SSSR count). The van der Waals surface area contributed by atoms with Gasteiger partial charge in [-0.15, -0.1) is 0 Å². The summed E-state index contributed by atoms with van der Waals surface area (Å²) in [5.41, 5.74) is 3.38. The molecular formula is C32H30N4O3. The largest absolute Gasteiger partial charge is 0.297 e. The Balaban J connectivity index is 1.53. The topological polar surface area (TPSA) is 84.3 Å². The molecule has 0 radical (unpaired) electrons. The third-order valence-electron chi connectivity index (χ3n) is 8.90. The number of imide groups is 1. The highest BCUT2D eigenvalue weighted by Crippen LogP contribution is 2.56. The molecule has 1 aromatic heterocycles. The van der Waals surface area contributed by atoms with E-state index in [9.17, 15) is 14.4 Å². The lowest BCUT2D eigenvalue weighted by Gasteiger charge is -2.32. The second-order valence-corrected chi connectivity index (χ2v) is 11.5. The molecule has 0 saturated carbocycles. The molecule has 4 atom stereocenters. The van der Waals surface area contributed by atoms with Crippen LogP contribution in [-0.2, 0) is 15.1 Å². The number of carbonyl (C=O) groups excluding carboxylic acids is 2. The minimum atomic E-state index is -1.11. The first kappa shape index (κ1) is 24.0. The van der Waals surface area contributed by atoms with Gasteiger partial charge in [-0.05, 0) is 61.6 Å². The molecule has 1 spiro atoms. The van der Waals surface area contributed by atoms with Gasteiger partial charge in [-0.3, -0.25) is 24.3 Å². The highest BCUT2D eigenvalue weighted by Gasteiger charge is 2.69. The van der Waals surface area contributed by atoms with Crippen molar-refractivity contribution in [3.05, 3.63) is 99.6 Å². The van der Waals surface area contributed by atoms with Gasteiger partial charge < -0.3 is 0 Å². The molecule has 4 heterocycles. The molecule has 1 N–H and O–H groups in total. The highest BCUT2D eigenvalue weighted by molar-refractivity contribution is 6.23. The molecule has 7 heteroatoms. The molecule has 39 heavy (non-hydrogen) atoms. The molecule has 7 nitrogen and oxygen atoms in total. The summed E-state index contributed by atoms with van der Waals surface area (Å²) in [7, 11) is 0. The van der Waals surface area contributed by atoms with E-state index in [1.165, 1.54) is 4.90 Å². The molecule has 3 aliphatic rings. The monoisotopic (exact) mass is 518 g/mol. The van der Waals surface area contributed by atoms with Gasteiger partial charge in [0.1, 0.15) is 11.4 Å². The normalized spacial score (nSPS) is 25.2. The van der Waals surface area contributed by atoms with Crippen LogP contribution in [0.5, 0.6) is 0 Å². The summed E-state index contributed by atoms with van der Waals surface area (Å²) in [6, 6.07) is 20.5. The van der Waals surface area contributed by atoms with E-state index in [0.717, 1.165) is 16.7 Å². The van der Waals surface area contributed by atoms with Gasteiger partial charge in [-0.25, -0.2) is 9.88 Å². The Kier molecular flexibility index (Phi) is 5.04. The maximum Gasteiger partial charge on any atom is 0.266 e. The predicted octanol–water partition coefficient (Wildman–Crippen LogP) is 4.38. The Morgan fingerprint density at radius 1 is 0.897 bits per heavy atom. The molecular weight excluding hydrogens is 488 g/mol. The second-order valence-electron chi connectivity index (χ2n) is 11.5. The average molecular weight is 519 g/mol. The third-order valence-corrected chi connectivity index (χ3v) is 8.90. The van der Waals surface area contributed by atoms with Crippen molar-refractivity contribution in [2.24, 2.45) is 17.8 Å². The van der Waals surface area contributed by atoms with Crippen molar-refractivity contribution in [1.82, 2.24) is 14.9 Å². The molecule has 2 amide bonds. The standard InChI is InChI=1S/C32H30N4O3/c1-17(2)16-23-26-27(30(39)35(29(26)38)24-15-9-10-18(3)19(24)4)32(34-23)21-12-6-8-14-25(21)36-28(37)20-11-5-7-13-22(20)33-31(32)36/h5-15,17,23,26-27,34H,16H2,1-4H3/t23-,26+,27-,32-/m1/s1. The minimum absolute atomic E-state index is 0.172. The number of fused-ring (bicyclic) bond motifs is 8. The van der Waals surface area contributed by atoms with Crippen molar-refractivity contribution < 1.29 is 9.59 Å². The number of carbonyl (C=O) groups is 2. The van der Waals surface area contributed by atoms with Crippen molar-refractivity contribution in [3.8, 4) is 5.69 Å². The zero-order valence-corrected chi connectivity index (χ0v) is 22.4. The summed E-state index contributed by atoms with van der Waals surface area (Å²) in [6.07, 6.45) is 0.711. The summed E-state index contributed by atoms with van der Waals surface area (Å²) in [4.78, 5) is 49.2. The van der Waals surface area contributed by atoms with E-state index in [-0.39, 0.29) is 23.4 Å². The first-order valence-electron chi connectivity index (χ1n) is 13.6. The summed E-state index contributed by atoms with van der Waals surface area (Å²) >= 11 is 0.